The molecule has 0 unspecified atom stereocenters. The second-order valence-corrected chi connectivity index (χ2v) is 9.26. The van der Waals surface area contributed by atoms with E-state index < -0.39 is 11.9 Å². The summed E-state index contributed by atoms with van der Waals surface area (Å²) < 4.78 is 44.5. The van der Waals surface area contributed by atoms with Gasteiger partial charge in [0.1, 0.15) is 0 Å². The molecule has 0 saturated heterocycles. The van der Waals surface area contributed by atoms with Gasteiger partial charge in [0.15, 0.2) is 17.2 Å². The van der Waals surface area contributed by atoms with Crippen LogP contribution in [0.2, 0.25) is 0 Å². The van der Waals surface area contributed by atoms with E-state index in [1.54, 1.807) is 13.1 Å². The highest BCUT2D eigenvalue weighted by Gasteiger charge is 2.61. The minimum Gasteiger partial charge on any atom is -0.381 e. The molecule has 0 amide bonds. The summed E-state index contributed by atoms with van der Waals surface area (Å²) in [6.07, 6.45) is 3.03. The van der Waals surface area contributed by atoms with Crippen LogP contribution in [-0.2, 0) is 6.18 Å². The van der Waals surface area contributed by atoms with E-state index in [0.29, 0.717) is 17.0 Å². The summed E-state index contributed by atoms with van der Waals surface area (Å²) in [4.78, 5) is 12.8. The topological polar surface area (TPSA) is 105 Å². The SMILES string of the molecule is Cc1ncc(SNC23CCC(C#N)(C2)C3)cc1-c1cnc2c(N)nc(C(F)(F)F)cn12. The molecular weight excluding hydrogens is 427 g/mol. The number of anilines is 1. The largest absolute Gasteiger partial charge is 0.434 e. The number of halogens is 3. The van der Waals surface area contributed by atoms with E-state index in [4.69, 9.17) is 5.73 Å². The van der Waals surface area contributed by atoms with Crippen LogP contribution in [0.15, 0.2) is 29.6 Å². The third kappa shape index (κ3) is 3.21. The highest BCUT2D eigenvalue weighted by Crippen LogP contribution is 2.61. The van der Waals surface area contributed by atoms with E-state index in [2.05, 4.69) is 25.7 Å². The first kappa shape index (κ1) is 20.1. The van der Waals surface area contributed by atoms with Gasteiger partial charge in [0, 0.05) is 34.1 Å². The van der Waals surface area contributed by atoms with Crippen molar-refractivity contribution in [1.29, 1.82) is 5.26 Å². The number of hydrogen-bond donors (Lipinski definition) is 2. The quantitative estimate of drug-likeness (QED) is 0.582. The molecule has 3 fully saturated rings. The van der Waals surface area contributed by atoms with E-state index in [9.17, 15) is 18.4 Å². The number of alkyl halides is 3. The number of nitriles is 1. The first-order valence-corrected chi connectivity index (χ1v) is 10.5. The van der Waals surface area contributed by atoms with Crippen molar-refractivity contribution in [3.63, 3.8) is 0 Å². The van der Waals surface area contributed by atoms with Gasteiger partial charge in [-0.25, -0.2) is 9.97 Å². The molecule has 0 spiro atoms. The average Bonchev–Trinajstić information content (AvgIpc) is 3.38. The predicted molar refractivity (Wildman–Crippen MR) is 109 cm³/mol. The molecule has 3 N–H and O–H groups in total. The summed E-state index contributed by atoms with van der Waals surface area (Å²) in [5.74, 6) is -0.287. The molecular formula is C20H18F3N7S. The zero-order valence-corrected chi connectivity index (χ0v) is 17.3. The minimum absolute atomic E-state index is 0.0313. The molecule has 3 aromatic heterocycles. The number of nitrogens with zero attached hydrogens (tertiary/aromatic N) is 5. The van der Waals surface area contributed by atoms with Crippen molar-refractivity contribution >= 4 is 23.4 Å². The third-order valence-electron chi connectivity index (χ3n) is 6.20. The van der Waals surface area contributed by atoms with E-state index in [0.717, 1.165) is 36.8 Å². The monoisotopic (exact) mass is 445 g/mol. The van der Waals surface area contributed by atoms with Crippen molar-refractivity contribution < 1.29 is 13.2 Å². The number of aromatic nitrogens is 4. The first-order valence-electron chi connectivity index (χ1n) is 9.67. The zero-order valence-electron chi connectivity index (χ0n) is 16.5. The van der Waals surface area contributed by atoms with Crippen LogP contribution in [0.5, 0.6) is 0 Å². The van der Waals surface area contributed by atoms with Crippen LogP contribution in [0.3, 0.4) is 0 Å². The predicted octanol–water partition coefficient (Wildman–Crippen LogP) is 4.13. The maximum absolute atomic E-state index is 13.2. The summed E-state index contributed by atoms with van der Waals surface area (Å²) >= 11 is 1.43. The molecule has 3 saturated carbocycles. The van der Waals surface area contributed by atoms with Gasteiger partial charge in [0.2, 0.25) is 0 Å². The number of aryl methyl sites for hydroxylation is 1. The fourth-order valence-electron chi connectivity index (χ4n) is 4.68. The second kappa shape index (κ2) is 6.58. The molecule has 0 radical (unpaired) electrons. The van der Waals surface area contributed by atoms with Gasteiger partial charge in [-0.15, -0.1) is 0 Å². The Morgan fingerprint density at radius 2 is 2.03 bits per heavy atom. The molecule has 6 rings (SSSR count). The van der Waals surface area contributed by atoms with E-state index in [1.807, 2.05) is 6.07 Å². The molecule has 3 aliphatic rings. The summed E-state index contributed by atoms with van der Waals surface area (Å²) in [5.41, 5.74) is 6.35. The van der Waals surface area contributed by atoms with Gasteiger partial charge in [-0.2, -0.15) is 18.4 Å². The van der Waals surface area contributed by atoms with E-state index >= 15 is 0 Å². The smallest absolute Gasteiger partial charge is 0.381 e. The van der Waals surface area contributed by atoms with Crippen LogP contribution in [0.25, 0.3) is 16.9 Å². The maximum Gasteiger partial charge on any atom is 0.434 e. The lowest BCUT2D eigenvalue weighted by Crippen LogP contribution is -2.50. The molecule has 3 heterocycles. The molecule has 31 heavy (non-hydrogen) atoms. The molecule has 0 aliphatic heterocycles. The molecule has 0 atom stereocenters. The Balaban J connectivity index is 1.47. The Morgan fingerprint density at radius 1 is 1.26 bits per heavy atom. The number of fused-ring (bicyclic) bond motifs is 2. The van der Waals surface area contributed by atoms with Crippen LogP contribution in [0, 0.1) is 23.7 Å². The van der Waals surface area contributed by atoms with Gasteiger partial charge < -0.3 is 5.73 Å². The van der Waals surface area contributed by atoms with Crippen LogP contribution < -0.4 is 10.5 Å². The molecule has 7 nitrogen and oxygen atoms in total. The number of nitrogen functional groups attached to an aromatic ring is 1. The van der Waals surface area contributed by atoms with Gasteiger partial charge in [-0.3, -0.25) is 14.1 Å². The number of hydrogen-bond acceptors (Lipinski definition) is 7. The van der Waals surface area contributed by atoms with Gasteiger partial charge in [-0.1, -0.05) is 0 Å². The first-order chi connectivity index (χ1) is 14.6. The maximum atomic E-state index is 13.2. The van der Waals surface area contributed by atoms with Gasteiger partial charge in [-0.05, 0) is 50.6 Å². The molecule has 11 heteroatoms. The lowest BCUT2D eigenvalue weighted by atomic mass is 9.66. The molecule has 160 valence electrons. The molecule has 3 aromatic rings. The Morgan fingerprint density at radius 3 is 2.71 bits per heavy atom. The minimum atomic E-state index is -4.62. The van der Waals surface area contributed by atoms with E-state index in [-0.39, 0.29) is 22.4 Å². The Labute approximate surface area is 180 Å². The van der Waals surface area contributed by atoms with E-state index in [1.165, 1.54) is 22.5 Å². The zero-order chi connectivity index (χ0) is 22.0. The normalized spacial score (nSPS) is 24.9. The molecule has 3 aliphatic carbocycles. The van der Waals surface area contributed by atoms with Gasteiger partial charge in [0.25, 0.3) is 0 Å². The fourth-order valence-corrected chi connectivity index (χ4v) is 5.54. The highest BCUT2D eigenvalue weighted by molar-refractivity contribution is 7.97. The Hall–Kier alpha value is -2.84. The number of pyridine rings is 1. The number of nitrogens with two attached hydrogens (primary N) is 1. The summed E-state index contributed by atoms with van der Waals surface area (Å²) in [5, 5.41) is 9.32. The number of rotatable bonds is 4. The number of imidazole rings is 1. The van der Waals surface area contributed by atoms with Gasteiger partial charge >= 0.3 is 6.18 Å². The molecule has 2 bridgehead atoms. The Bertz CT molecular complexity index is 1240. The van der Waals surface area contributed by atoms with Crippen LogP contribution in [-0.4, -0.2) is 24.9 Å². The average molecular weight is 445 g/mol. The van der Waals surface area contributed by atoms with Crippen LogP contribution in [0.4, 0.5) is 19.0 Å². The fraction of sp³-hybridized carbons (Fsp3) is 0.400. The number of nitrogens with one attached hydrogen (secondary N) is 1. The summed E-state index contributed by atoms with van der Waals surface area (Å²) in [6, 6.07) is 4.30. The van der Waals surface area contributed by atoms with Crippen LogP contribution in [0.1, 0.15) is 37.1 Å². The van der Waals surface area contributed by atoms with Crippen molar-refractivity contribution in [3.05, 3.63) is 36.0 Å². The van der Waals surface area contributed by atoms with Crippen LogP contribution >= 0.6 is 11.9 Å². The van der Waals surface area contributed by atoms with Gasteiger partial charge in [0.05, 0.1) is 23.4 Å². The Kier molecular flexibility index (Phi) is 4.26. The standard InChI is InChI=1S/C20H18F3N7S/c1-11-13(14-6-27-17-16(25)28-15(7-30(14)17)20(21,22)23)4-12(5-26-11)31-29-19-3-2-18(8-19,9-19)10-24/h4-7,29H,2-3,8-9H2,1H3,(H2,25,28). The van der Waals surface area contributed by atoms with Crippen molar-refractivity contribution in [2.45, 2.75) is 49.2 Å². The lowest BCUT2D eigenvalue weighted by Gasteiger charge is -2.43. The van der Waals surface area contributed by atoms with Crippen molar-refractivity contribution in [2.24, 2.45) is 5.41 Å². The summed E-state index contributed by atoms with van der Waals surface area (Å²) in [7, 11) is 0. The highest BCUT2D eigenvalue weighted by atomic mass is 32.2. The van der Waals surface area contributed by atoms with Crippen molar-refractivity contribution in [2.75, 3.05) is 5.73 Å². The van der Waals surface area contributed by atoms with Crippen molar-refractivity contribution in [1.82, 2.24) is 24.1 Å². The molecule has 0 aromatic carbocycles. The lowest BCUT2D eigenvalue weighted by molar-refractivity contribution is -0.141. The second-order valence-electron chi connectivity index (χ2n) is 8.38. The third-order valence-corrected chi connectivity index (χ3v) is 7.20. The summed E-state index contributed by atoms with van der Waals surface area (Å²) in [6.45, 7) is 1.79. The van der Waals surface area contributed by atoms with Crippen molar-refractivity contribution in [3.8, 4) is 17.3 Å².